The normalized spacial score (nSPS) is 26.1. The van der Waals surface area contributed by atoms with Gasteiger partial charge in [-0.15, -0.1) is 0 Å². The first-order valence-electron chi connectivity index (χ1n) is 10.9. The van der Waals surface area contributed by atoms with Crippen LogP contribution < -0.4 is 0 Å². The van der Waals surface area contributed by atoms with Crippen molar-refractivity contribution in [2.45, 2.75) is 103 Å². The van der Waals surface area contributed by atoms with Gasteiger partial charge in [-0.3, -0.25) is 4.90 Å². The Kier molecular flexibility index (Phi) is 8.39. The largest absolute Gasteiger partial charge is 0.378 e. The second kappa shape index (κ2) is 9.86. The number of rotatable bonds is 9. The molecule has 1 aliphatic heterocycles. The van der Waals surface area contributed by atoms with Crippen LogP contribution in [-0.2, 0) is 9.47 Å². The average molecular weight is 369 g/mol. The highest BCUT2D eigenvalue weighted by atomic mass is 16.5. The molecule has 2 aliphatic rings. The third-order valence-electron chi connectivity index (χ3n) is 5.61. The molecule has 0 bridgehead atoms. The van der Waals surface area contributed by atoms with Gasteiger partial charge in [0.25, 0.3) is 0 Å². The standard InChI is InChI=1S/C22H44N2O2/c1-21(2,3)24-14-12-23(13-15-24)11-9-7-8-10-16-25-19-17-20(18-19)26-22(4,5)6/h19-20H,7-18H2,1-6H3/t19-,20-. The zero-order valence-electron chi connectivity index (χ0n) is 18.4. The third kappa shape index (κ3) is 8.24. The van der Waals surface area contributed by atoms with Gasteiger partial charge in [0.05, 0.1) is 17.8 Å². The van der Waals surface area contributed by atoms with Gasteiger partial charge in [0.15, 0.2) is 0 Å². The van der Waals surface area contributed by atoms with Crippen LogP contribution >= 0.6 is 0 Å². The maximum atomic E-state index is 5.97. The minimum absolute atomic E-state index is 0.0188. The van der Waals surface area contributed by atoms with E-state index in [2.05, 4.69) is 51.3 Å². The lowest BCUT2D eigenvalue weighted by Crippen LogP contribution is -2.53. The maximum absolute atomic E-state index is 5.97. The molecule has 26 heavy (non-hydrogen) atoms. The Morgan fingerprint density at radius 3 is 1.96 bits per heavy atom. The van der Waals surface area contributed by atoms with Gasteiger partial charge in [0, 0.05) is 38.3 Å². The summed E-state index contributed by atoms with van der Waals surface area (Å²) in [4.78, 5) is 5.25. The summed E-state index contributed by atoms with van der Waals surface area (Å²) in [5.74, 6) is 0. The van der Waals surface area contributed by atoms with Gasteiger partial charge < -0.3 is 14.4 Å². The van der Waals surface area contributed by atoms with E-state index in [4.69, 9.17) is 9.47 Å². The van der Waals surface area contributed by atoms with Crippen molar-refractivity contribution < 1.29 is 9.47 Å². The van der Waals surface area contributed by atoms with E-state index in [-0.39, 0.29) is 5.60 Å². The summed E-state index contributed by atoms with van der Waals surface area (Å²) >= 11 is 0. The Balaban J connectivity index is 1.39. The molecule has 0 aromatic heterocycles. The quantitative estimate of drug-likeness (QED) is 0.566. The van der Waals surface area contributed by atoms with Crippen LogP contribution in [0.1, 0.15) is 80.1 Å². The van der Waals surface area contributed by atoms with Crippen LogP contribution in [0, 0.1) is 0 Å². The van der Waals surface area contributed by atoms with Gasteiger partial charge in [-0.2, -0.15) is 0 Å². The topological polar surface area (TPSA) is 24.9 Å². The number of hydrogen-bond acceptors (Lipinski definition) is 4. The SMILES string of the molecule is CC(C)(C)O[C@H]1C[C@H](OCCCCCCN2CCN(C(C)(C)C)CC2)C1. The zero-order valence-corrected chi connectivity index (χ0v) is 18.4. The van der Waals surface area contributed by atoms with Gasteiger partial charge >= 0.3 is 0 Å². The molecule has 0 aromatic rings. The summed E-state index contributed by atoms with van der Waals surface area (Å²) in [5, 5.41) is 0. The van der Waals surface area contributed by atoms with Gasteiger partial charge in [-0.05, 0) is 73.8 Å². The second-order valence-corrected chi connectivity index (χ2v) is 10.2. The Morgan fingerprint density at radius 1 is 0.769 bits per heavy atom. The fourth-order valence-electron chi connectivity index (χ4n) is 3.93. The van der Waals surface area contributed by atoms with Crippen LogP contribution in [0.2, 0.25) is 0 Å². The Hall–Kier alpha value is -0.160. The molecule has 0 atom stereocenters. The van der Waals surface area contributed by atoms with E-state index < -0.39 is 0 Å². The second-order valence-electron chi connectivity index (χ2n) is 10.2. The zero-order chi connectivity index (χ0) is 19.2. The van der Waals surface area contributed by atoms with Crippen molar-refractivity contribution in [3.05, 3.63) is 0 Å². The Bertz CT molecular complexity index is 386. The van der Waals surface area contributed by atoms with Crippen LogP contribution in [0.15, 0.2) is 0 Å². The van der Waals surface area contributed by atoms with E-state index in [0.717, 1.165) is 19.4 Å². The van der Waals surface area contributed by atoms with Crippen LogP contribution in [-0.4, -0.2) is 72.5 Å². The fourth-order valence-corrected chi connectivity index (χ4v) is 3.93. The molecular weight excluding hydrogens is 324 g/mol. The predicted octanol–water partition coefficient (Wildman–Crippen LogP) is 4.33. The number of ether oxygens (including phenoxy) is 2. The smallest absolute Gasteiger partial charge is 0.0631 e. The summed E-state index contributed by atoms with van der Waals surface area (Å²) in [5.41, 5.74) is 0.306. The highest BCUT2D eigenvalue weighted by molar-refractivity contribution is 4.83. The summed E-state index contributed by atoms with van der Waals surface area (Å²) in [7, 11) is 0. The van der Waals surface area contributed by atoms with Crippen molar-refractivity contribution in [1.29, 1.82) is 0 Å². The lowest BCUT2D eigenvalue weighted by atomic mass is 9.91. The van der Waals surface area contributed by atoms with Gasteiger partial charge in [-0.1, -0.05) is 12.8 Å². The van der Waals surface area contributed by atoms with Gasteiger partial charge in [0.1, 0.15) is 0 Å². The van der Waals surface area contributed by atoms with Gasteiger partial charge in [-0.25, -0.2) is 0 Å². The minimum atomic E-state index is -0.0188. The highest BCUT2D eigenvalue weighted by Gasteiger charge is 2.33. The van der Waals surface area contributed by atoms with Crippen LogP contribution in [0.4, 0.5) is 0 Å². The molecule has 4 heteroatoms. The van der Waals surface area contributed by atoms with E-state index in [1.807, 2.05) is 0 Å². The summed E-state index contributed by atoms with van der Waals surface area (Å²) in [6.45, 7) is 20.5. The molecule has 4 nitrogen and oxygen atoms in total. The number of hydrogen-bond donors (Lipinski definition) is 0. The Labute approximate surface area is 162 Å². The minimum Gasteiger partial charge on any atom is -0.378 e. The lowest BCUT2D eigenvalue weighted by molar-refractivity contribution is -0.148. The Morgan fingerprint density at radius 2 is 1.38 bits per heavy atom. The molecule has 0 amide bonds. The summed E-state index contributed by atoms with van der Waals surface area (Å²) < 4.78 is 11.9. The first-order chi connectivity index (χ1) is 12.1. The summed E-state index contributed by atoms with van der Waals surface area (Å²) in [6, 6.07) is 0. The predicted molar refractivity (Wildman–Crippen MR) is 110 cm³/mol. The van der Waals surface area contributed by atoms with E-state index in [0.29, 0.717) is 17.7 Å². The third-order valence-corrected chi connectivity index (χ3v) is 5.61. The lowest BCUT2D eigenvalue weighted by Gasteiger charge is -2.42. The number of nitrogens with zero attached hydrogens (tertiary/aromatic N) is 2. The number of unbranched alkanes of at least 4 members (excludes halogenated alkanes) is 3. The molecule has 0 N–H and O–H groups in total. The van der Waals surface area contributed by atoms with Crippen molar-refractivity contribution in [3.8, 4) is 0 Å². The fraction of sp³-hybridized carbons (Fsp3) is 1.00. The molecule has 0 spiro atoms. The molecule has 2 fully saturated rings. The van der Waals surface area contributed by atoms with E-state index in [1.165, 1.54) is 58.4 Å². The highest BCUT2D eigenvalue weighted by Crippen LogP contribution is 2.30. The molecule has 0 radical (unpaired) electrons. The molecule has 0 aromatic carbocycles. The van der Waals surface area contributed by atoms with Crippen molar-refractivity contribution in [2.24, 2.45) is 0 Å². The van der Waals surface area contributed by atoms with E-state index >= 15 is 0 Å². The molecule has 1 heterocycles. The molecular formula is C22H44N2O2. The molecule has 1 aliphatic carbocycles. The van der Waals surface area contributed by atoms with Crippen molar-refractivity contribution in [1.82, 2.24) is 9.80 Å². The number of piperazine rings is 1. The average Bonchev–Trinajstić information content (AvgIpc) is 2.49. The molecule has 1 saturated carbocycles. The maximum Gasteiger partial charge on any atom is 0.0631 e. The van der Waals surface area contributed by atoms with Crippen LogP contribution in [0.5, 0.6) is 0 Å². The van der Waals surface area contributed by atoms with Crippen molar-refractivity contribution >= 4 is 0 Å². The van der Waals surface area contributed by atoms with E-state index in [1.54, 1.807) is 0 Å². The first-order valence-corrected chi connectivity index (χ1v) is 10.9. The van der Waals surface area contributed by atoms with Crippen LogP contribution in [0.3, 0.4) is 0 Å². The molecule has 2 rings (SSSR count). The molecule has 154 valence electrons. The van der Waals surface area contributed by atoms with E-state index in [9.17, 15) is 0 Å². The first kappa shape index (κ1) is 22.1. The summed E-state index contributed by atoms with van der Waals surface area (Å²) in [6.07, 6.45) is 8.20. The molecule has 0 unspecified atom stereocenters. The van der Waals surface area contributed by atoms with Crippen LogP contribution in [0.25, 0.3) is 0 Å². The van der Waals surface area contributed by atoms with Gasteiger partial charge in [0.2, 0.25) is 0 Å². The molecule has 1 saturated heterocycles. The van der Waals surface area contributed by atoms with Crippen molar-refractivity contribution in [3.63, 3.8) is 0 Å². The van der Waals surface area contributed by atoms with Crippen molar-refractivity contribution in [2.75, 3.05) is 39.3 Å². The monoisotopic (exact) mass is 368 g/mol.